The van der Waals surface area contributed by atoms with Crippen LogP contribution in [0.1, 0.15) is 0 Å². The summed E-state index contributed by atoms with van der Waals surface area (Å²) in [5.41, 5.74) is 5.53. The number of hydrogen-bond acceptors (Lipinski definition) is 3. The molecule has 1 aliphatic heterocycles. The van der Waals surface area contributed by atoms with Crippen LogP contribution in [0.2, 0.25) is 0 Å². The van der Waals surface area contributed by atoms with E-state index in [-0.39, 0.29) is 0 Å². The Balaban J connectivity index is 2.47. The second-order valence-corrected chi connectivity index (χ2v) is 3.24. The van der Waals surface area contributed by atoms with Crippen molar-refractivity contribution in [3.63, 3.8) is 0 Å². The van der Waals surface area contributed by atoms with E-state index in [2.05, 4.69) is 33.8 Å². The molecule has 0 aliphatic carbocycles. The van der Waals surface area contributed by atoms with Crippen molar-refractivity contribution in [2.24, 2.45) is 0 Å². The topological polar surface area (TPSA) is 18.5 Å². The number of hydrogen-bond donors (Lipinski definition) is 1. The molecule has 1 aliphatic rings. The first-order valence-corrected chi connectivity index (χ1v) is 4.21. The van der Waals surface area contributed by atoms with Crippen LogP contribution in [0.25, 0.3) is 0 Å². The molecule has 11 heavy (non-hydrogen) atoms. The molecule has 4 heteroatoms. The van der Waals surface area contributed by atoms with Crippen molar-refractivity contribution in [2.75, 3.05) is 17.5 Å². The number of hydrazine groups is 2. The van der Waals surface area contributed by atoms with Crippen LogP contribution in [0.3, 0.4) is 0 Å². The van der Waals surface area contributed by atoms with Crippen molar-refractivity contribution in [3.05, 3.63) is 24.3 Å². The van der Waals surface area contributed by atoms with Gasteiger partial charge in [-0.05, 0) is 0 Å². The van der Waals surface area contributed by atoms with Gasteiger partial charge < -0.3 is 0 Å². The van der Waals surface area contributed by atoms with E-state index in [0.717, 1.165) is 5.69 Å². The number of fused-ring (bicyclic) bond motifs is 1. The average molecular weight is 214 g/mol. The maximum absolute atomic E-state index is 3.18. The molecule has 0 saturated heterocycles. The van der Waals surface area contributed by atoms with Gasteiger partial charge in [0.2, 0.25) is 0 Å². The summed E-state index contributed by atoms with van der Waals surface area (Å²) in [6.07, 6.45) is 0. The van der Waals surface area contributed by atoms with Gasteiger partial charge in [0.1, 0.15) is 0 Å². The molecule has 0 radical (unpaired) electrons. The second-order valence-electron chi connectivity index (χ2n) is 2.44. The van der Waals surface area contributed by atoms with Gasteiger partial charge in [-0.3, -0.25) is 0 Å². The van der Waals surface area contributed by atoms with Crippen molar-refractivity contribution < 1.29 is 0 Å². The molecule has 1 aromatic carbocycles. The number of para-hydroxylation sites is 2. The van der Waals surface area contributed by atoms with Crippen LogP contribution in [0.4, 0.5) is 11.4 Å². The molecule has 0 amide bonds. The predicted molar refractivity (Wildman–Crippen MR) is 47.5 cm³/mol. The first-order valence-electron chi connectivity index (χ1n) is 3.37. The van der Waals surface area contributed by atoms with Crippen LogP contribution in [0, 0.1) is 0 Å². The fourth-order valence-corrected chi connectivity index (χ4v) is 1.56. The third-order valence-electron chi connectivity index (χ3n) is 1.76. The number of anilines is 2. The Bertz CT molecular complexity index is 276. The molecule has 0 saturated carbocycles. The molecule has 0 fully saturated rings. The zero-order valence-electron chi connectivity index (χ0n) is 6.15. The Kier molecular flexibility index (Phi) is 1.53. The van der Waals surface area contributed by atoms with Gasteiger partial charge in [-0.2, -0.15) is 0 Å². The molecule has 1 aromatic rings. The summed E-state index contributed by atoms with van der Waals surface area (Å²) in [5, 5.41) is 2.04. The van der Waals surface area contributed by atoms with E-state index in [4.69, 9.17) is 0 Å². The molecule has 0 aromatic heterocycles. The summed E-state index contributed by atoms with van der Waals surface area (Å²) in [7, 11) is 2.01. The van der Waals surface area contributed by atoms with Crippen molar-refractivity contribution in [3.8, 4) is 0 Å². The van der Waals surface area contributed by atoms with E-state index < -0.39 is 0 Å². The summed E-state index contributed by atoms with van der Waals surface area (Å²) >= 11 is 2.43. The Morgan fingerprint density at radius 2 is 2.09 bits per heavy atom. The predicted octanol–water partition coefficient (Wildman–Crippen LogP) is 0.496. The van der Waals surface area contributed by atoms with Crippen molar-refractivity contribution in [1.82, 2.24) is 4.13 Å². The molecule has 0 atom stereocenters. The fourth-order valence-electron chi connectivity index (χ4n) is 1.14. The Hall–Kier alpha value is -0.701. The van der Waals surface area contributed by atoms with Crippen LogP contribution in [-0.2, 0) is 0 Å². The summed E-state index contributed by atoms with van der Waals surface area (Å²) in [6.45, 7) is 0. The van der Waals surface area contributed by atoms with Gasteiger partial charge in [0.15, 0.2) is 0 Å². The molecule has 0 spiro atoms. The molecule has 2 rings (SSSR count). The van der Waals surface area contributed by atoms with Gasteiger partial charge in [0.25, 0.3) is 0 Å². The zero-order valence-corrected chi connectivity index (χ0v) is 8.03. The Labute approximate surface area is 73.9 Å². The number of rotatable bonds is 0. The number of nitrogens with zero attached hydrogens (tertiary/aromatic N) is 2. The van der Waals surface area contributed by atoms with Gasteiger partial charge >= 0.3 is 73.5 Å². The Morgan fingerprint density at radius 3 is 2.82 bits per heavy atom. The van der Waals surface area contributed by atoms with Crippen LogP contribution in [0.15, 0.2) is 24.3 Å². The first kappa shape index (κ1) is 6.98. The first-order chi connectivity index (χ1) is 5.29. The van der Waals surface area contributed by atoms with Crippen molar-refractivity contribution >= 4 is 27.6 Å². The van der Waals surface area contributed by atoms with Crippen molar-refractivity contribution in [2.45, 2.75) is 0 Å². The minimum atomic E-state index is 1.15. The zero-order chi connectivity index (χ0) is 7.84. The molecule has 0 unspecified atom stereocenters. The molecule has 1 heterocycles. The van der Waals surface area contributed by atoms with E-state index in [1.165, 1.54) is 5.69 Å². The van der Waals surface area contributed by atoms with E-state index in [1.54, 1.807) is 0 Å². The van der Waals surface area contributed by atoms with E-state index in [0.29, 0.717) is 0 Å². The minimum absolute atomic E-state index is 1.15. The molecule has 1 N–H and O–H groups in total. The van der Waals surface area contributed by atoms with Crippen LogP contribution >= 0.6 is 0 Å². The molecular formula is C7H9N3Se. The Morgan fingerprint density at radius 1 is 1.36 bits per heavy atom. The van der Waals surface area contributed by atoms with E-state index in [1.807, 2.05) is 28.3 Å². The van der Waals surface area contributed by atoms with E-state index in [9.17, 15) is 0 Å². The standard InChI is InChI=1S/C7H9N3Se/c1-9-7-5-3-2-4-6(7)8-10(9)11/h2-5,8,11H,1H3. The van der Waals surface area contributed by atoms with E-state index >= 15 is 0 Å². The molecule has 58 valence electrons. The fraction of sp³-hybridized carbons (Fsp3) is 0.143. The van der Waals surface area contributed by atoms with Crippen LogP contribution < -0.4 is 10.4 Å². The number of nitrogens with one attached hydrogen (secondary N) is 1. The quantitative estimate of drug-likeness (QED) is 0.634. The summed E-state index contributed by atoms with van der Waals surface area (Å²) in [6, 6.07) is 8.18. The molecule has 0 bridgehead atoms. The third-order valence-corrected chi connectivity index (χ3v) is 2.53. The second kappa shape index (κ2) is 2.41. The monoisotopic (exact) mass is 215 g/mol. The van der Waals surface area contributed by atoms with Crippen molar-refractivity contribution in [1.29, 1.82) is 0 Å². The summed E-state index contributed by atoms with van der Waals surface area (Å²) in [5.74, 6) is 0. The molecule has 3 nitrogen and oxygen atoms in total. The third kappa shape index (κ3) is 0.996. The summed E-state index contributed by atoms with van der Waals surface area (Å²) < 4.78 is 1.89. The van der Waals surface area contributed by atoms with Gasteiger partial charge in [0, 0.05) is 0 Å². The maximum atomic E-state index is 3.18. The summed E-state index contributed by atoms with van der Waals surface area (Å²) in [4.78, 5) is 0. The average Bonchev–Trinajstić information content (AvgIpc) is 2.30. The van der Waals surface area contributed by atoms with Gasteiger partial charge in [-0.25, -0.2) is 0 Å². The molecular weight excluding hydrogens is 205 g/mol. The van der Waals surface area contributed by atoms with Gasteiger partial charge in [-0.1, -0.05) is 0 Å². The van der Waals surface area contributed by atoms with Gasteiger partial charge in [0.05, 0.1) is 0 Å². The SMILES string of the molecule is CN1c2ccccc2NN1[SeH]. The van der Waals surface area contributed by atoms with Gasteiger partial charge in [-0.15, -0.1) is 0 Å². The van der Waals surface area contributed by atoms with Crippen LogP contribution in [-0.4, -0.2) is 27.4 Å². The number of benzene rings is 1. The van der Waals surface area contributed by atoms with Crippen LogP contribution in [0.5, 0.6) is 0 Å². The normalized spacial score (nSPS) is 16.4.